The fourth-order valence-electron chi connectivity index (χ4n) is 3.10. The molecule has 0 saturated heterocycles. The van der Waals surface area contributed by atoms with E-state index in [9.17, 15) is 19.1 Å². The average molecular weight is 384 g/mol. The third-order valence-electron chi connectivity index (χ3n) is 4.86. The summed E-state index contributed by atoms with van der Waals surface area (Å²) in [5.74, 6) is -0.902. The molecule has 1 aromatic rings. The van der Waals surface area contributed by atoms with Gasteiger partial charge in [-0.25, -0.2) is 9.18 Å². The highest BCUT2D eigenvalue weighted by Crippen LogP contribution is 2.45. The highest BCUT2D eigenvalue weighted by Gasteiger charge is 2.47. The molecule has 1 atom stereocenters. The summed E-state index contributed by atoms with van der Waals surface area (Å²) in [6, 6.07) is 5.91. The Hall–Kier alpha value is -2.79. The minimum Gasteiger partial charge on any atom is -0.466 e. The van der Waals surface area contributed by atoms with Crippen LogP contribution in [0.25, 0.3) is 6.08 Å². The Labute approximate surface area is 164 Å². The van der Waals surface area contributed by atoms with Gasteiger partial charge in [0.2, 0.25) is 0 Å². The molecule has 148 valence electrons. The Bertz CT molecular complexity index is 872. The molecule has 1 aliphatic rings. The summed E-state index contributed by atoms with van der Waals surface area (Å²) in [4.78, 5) is 23.6. The molecule has 0 bridgehead atoms. The molecule has 0 heterocycles. The smallest absolute Gasteiger partial charge is 0.330 e. The number of carbonyl (C=O) groups excluding carboxylic acids is 2. The summed E-state index contributed by atoms with van der Waals surface area (Å²) >= 11 is 0. The summed E-state index contributed by atoms with van der Waals surface area (Å²) in [5.41, 5.74) is -0.410. The first kappa shape index (κ1) is 21.5. The number of ketones is 1. The van der Waals surface area contributed by atoms with Gasteiger partial charge in [-0.3, -0.25) is 4.79 Å². The third-order valence-corrected chi connectivity index (χ3v) is 4.86. The molecule has 4 nitrogen and oxygen atoms in total. The monoisotopic (exact) mass is 384 g/mol. The molecule has 0 saturated carbocycles. The molecule has 0 fully saturated rings. The van der Waals surface area contributed by atoms with Gasteiger partial charge in [-0.05, 0) is 47.9 Å². The van der Waals surface area contributed by atoms with Crippen molar-refractivity contribution in [2.24, 2.45) is 5.41 Å². The van der Waals surface area contributed by atoms with Crippen LogP contribution in [0.1, 0.15) is 32.8 Å². The molecule has 0 amide bonds. The summed E-state index contributed by atoms with van der Waals surface area (Å²) in [6.45, 7) is 5.34. The van der Waals surface area contributed by atoms with Crippen molar-refractivity contribution in [2.45, 2.75) is 32.8 Å². The topological polar surface area (TPSA) is 63.6 Å². The van der Waals surface area contributed by atoms with Crippen LogP contribution >= 0.6 is 0 Å². The van der Waals surface area contributed by atoms with Gasteiger partial charge in [0.15, 0.2) is 5.78 Å². The molecule has 1 aliphatic carbocycles. The van der Waals surface area contributed by atoms with E-state index in [0.717, 1.165) is 5.56 Å². The largest absolute Gasteiger partial charge is 0.466 e. The van der Waals surface area contributed by atoms with Crippen molar-refractivity contribution >= 4 is 17.8 Å². The van der Waals surface area contributed by atoms with Crippen molar-refractivity contribution in [3.8, 4) is 0 Å². The van der Waals surface area contributed by atoms with Gasteiger partial charge in [0.25, 0.3) is 0 Å². The second-order valence-corrected chi connectivity index (χ2v) is 7.52. The van der Waals surface area contributed by atoms with Crippen LogP contribution in [0.15, 0.2) is 65.8 Å². The number of ether oxygens (including phenoxy) is 1. The van der Waals surface area contributed by atoms with Crippen LogP contribution in [0.2, 0.25) is 0 Å². The first-order valence-corrected chi connectivity index (χ1v) is 8.94. The molecule has 28 heavy (non-hydrogen) atoms. The van der Waals surface area contributed by atoms with Gasteiger partial charge < -0.3 is 9.84 Å². The van der Waals surface area contributed by atoms with Crippen LogP contribution in [0, 0.1) is 11.2 Å². The summed E-state index contributed by atoms with van der Waals surface area (Å²) < 4.78 is 17.7. The molecule has 0 spiro atoms. The maximum absolute atomic E-state index is 13.1. The Morgan fingerprint density at radius 2 is 1.86 bits per heavy atom. The van der Waals surface area contributed by atoms with E-state index in [1.165, 1.54) is 31.4 Å². The van der Waals surface area contributed by atoms with E-state index < -0.39 is 17.0 Å². The van der Waals surface area contributed by atoms with Crippen molar-refractivity contribution in [3.05, 3.63) is 77.2 Å². The van der Waals surface area contributed by atoms with E-state index in [1.54, 1.807) is 43.4 Å². The van der Waals surface area contributed by atoms with E-state index in [0.29, 0.717) is 11.1 Å². The van der Waals surface area contributed by atoms with Crippen LogP contribution in [0.4, 0.5) is 4.39 Å². The number of esters is 1. The number of methoxy groups -OCH3 is 1. The Morgan fingerprint density at radius 1 is 1.21 bits per heavy atom. The summed E-state index contributed by atoms with van der Waals surface area (Å²) in [6.07, 6.45) is 9.53. The lowest BCUT2D eigenvalue weighted by Crippen LogP contribution is -2.48. The number of hydrogen-bond acceptors (Lipinski definition) is 4. The van der Waals surface area contributed by atoms with Crippen molar-refractivity contribution in [1.29, 1.82) is 0 Å². The van der Waals surface area contributed by atoms with E-state index in [4.69, 9.17) is 0 Å². The molecule has 0 radical (unpaired) electrons. The van der Waals surface area contributed by atoms with Gasteiger partial charge in [0, 0.05) is 17.9 Å². The predicted octanol–water partition coefficient (Wildman–Crippen LogP) is 4.17. The van der Waals surface area contributed by atoms with Crippen LogP contribution in [-0.2, 0) is 14.3 Å². The second-order valence-electron chi connectivity index (χ2n) is 7.52. The molecule has 1 aromatic carbocycles. The lowest BCUT2D eigenvalue weighted by molar-refractivity contribution is -0.134. The van der Waals surface area contributed by atoms with Crippen LogP contribution in [0.3, 0.4) is 0 Å². The minimum atomic E-state index is -1.43. The molecule has 2 rings (SSSR count). The molecule has 0 aliphatic heterocycles. The second kappa shape index (κ2) is 8.48. The number of halogens is 1. The average Bonchev–Trinajstić information content (AvgIpc) is 2.62. The maximum Gasteiger partial charge on any atom is 0.330 e. The van der Waals surface area contributed by atoms with E-state index in [1.807, 2.05) is 13.8 Å². The lowest BCUT2D eigenvalue weighted by Gasteiger charge is -2.44. The Morgan fingerprint density at radius 3 is 2.46 bits per heavy atom. The number of allylic oxidation sites excluding steroid dienone is 3. The van der Waals surface area contributed by atoms with Gasteiger partial charge in [-0.1, -0.05) is 44.2 Å². The Balaban J connectivity index is 2.42. The number of hydrogen-bond donors (Lipinski definition) is 1. The van der Waals surface area contributed by atoms with Crippen molar-refractivity contribution in [1.82, 2.24) is 0 Å². The van der Waals surface area contributed by atoms with Gasteiger partial charge in [-0.2, -0.15) is 0 Å². The van der Waals surface area contributed by atoms with Gasteiger partial charge in [0.05, 0.1) is 7.11 Å². The molecule has 0 unspecified atom stereocenters. The predicted molar refractivity (Wildman–Crippen MR) is 107 cm³/mol. The number of rotatable bonds is 5. The maximum atomic E-state index is 13.1. The third kappa shape index (κ3) is 4.93. The SMILES string of the molecule is COC(=O)/C=C(C)\C=C\[C@@]1(O)C(/C=C/c2ccc(F)cc2)=CC(=O)CC1(C)C. The minimum absolute atomic E-state index is 0.0799. The zero-order valence-electron chi connectivity index (χ0n) is 16.5. The zero-order valence-corrected chi connectivity index (χ0v) is 16.5. The quantitative estimate of drug-likeness (QED) is 0.470. The lowest BCUT2D eigenvalue weighted by atomic mass is 9.64. The van der Waals surface area contributed by atoms with Crippen LogP contribution < -0.4 is 0 Å². The highest BCUT2D eigenvalue weighted by molar-refractivity contribution is 5.94. The highest BCUT2D eigenvalue weighted by atomic mass is 19.1. The molecular formula is C23H25FO4. The Kier molecular flexibility index (Phi) is 6.52. The van der Waals surface area contributed by atoms with Crippen LogP contribution in [0.5, 0.6) is 0 Å². The standard InChI is InChI=1S/C23H25FO4/c1-16(13-21(26)28-4)11-12-23(27)18(14-20(25)15-22(23,2)3)8-5-17-6-9-19(24)10-7-17/h5-14,27H,15H2,1-4H3/b8-5+,12-11+,16-13-/t23-/m1/s1. The zero-order chi connectivity index (χ0) is 20.9. The fraction of sp³-hybridized carbons (Fsp3) is 0.304. The van der Waals surface area contributed by atoms with E-state index in [2.05, 4.69) is 4.74 Å². The van der Waals surface area contributed by atoms with Crippen LogP contribution in [-0.4, -0.2) is 29.6 Å². The summed E-state index contributed by atoms with van der Waals surface area (Å²) in [5, 5.41) is 11.5. The van der Waals surface area contributed by atoms with Crippen molar-refractivity contribution in [3.63, 3.8) is 0 Å². The number of aliphatic hydroxyl groups is 1. The number of carbonyl (C=O) groups is 2. The fourth-order valence-corrected chi connectivity index (χ4v) is 3.10. The van der Waals surface area contributed by atoms with Gasteiger partial charge >= 0.3 is 5.97 Å². The van der Waals surface area contributed by atoms with Gasteiger partial charge in [0.1, 0.15) is 11.4 Å². The molecular weight excluding hydrogens is 359 g/mol. The van der Waals surface area contributed by atoms with E-state index >= 15 is 0 Å². The first-order valence-electron chi connectivity index (χ1n) is 8.94. The van der Waals surface area contributed by atoms with E-state index in [-0.39, 0.29) is 18.0 Å². The first-order chi connectivity index (χ1) is 13.1. The molecule has 0 aromatic heterocycles. The van der Waals surface area contributed by atoms with Gasteiger partial charge in [-0.15, -0.1) is 0 Å². The number of benzene rings is 1. The normalized spacial score (nSPS) is 22.6. The summed E-state index contributed by atoms with van der Waals surface area (Å²) in [7, 11) is 1.29. The molecule has 1 N–H and O–H groups in total. The van der Waals surface area contributed by atoms with Crippen molar-refractivity contribution in [2.75, 3.05) is 7.11 Å². The molecule has 5 heteroatoms. The van der Waals surface area contributed by atoms with Crippen molar-refractivity contribution < 1.29 is 23.8 Å².